The second-order valence-electron chi connectivity index (χ2n) is 6.39. The fourth-order valence-electron chi connectivity index (χ4n) is 2.73. The number of sulfonamides is 1. The first-order valence-corrected chi connectivity index (χ1v) is 10.0. The lowest BCUT2D eigenvalue weighted by Crippen LogP contribution is -2.46. The van der Waals surface area contributed by atoms with Crippen LogP contribution in [0.25, 0.3) is 0 Å². The molecule has 0 spiro atoms. The Bertz CT molecular complexity index is 666. The summed E-state index contributed by atoms with van der Waals surface area (Å²) in [6.45, 7) is 8.10. The monoisotopic (exact) mass is 368 g/mol. The third-order valence-electron chi connectivity index (χ3n) is 4.48. The molecule has 140 valence electrons. The Morgan fingerprint density at radius 3 is 2.16 bits per heavy atom. The highest BCUT2D eigenvalue weighted by Crippen LogP contribution is 2.16. The number of amides is 1. The molecule has 1 aromatic rings. The summed E-state index contributed by atoms with van der Waals surface area (Å²) < 4.78 is 25.2. The van der Waals surface area contributed by atoms with Gasteiger partial charge in [-0.15, -0.1) is 0 Å². The fourth-order valence-corrected chi connectivity index (χ4v) is 3.63. The van der Waals surface area contributed by atoms with Crippen LogP contribution in [0.2, 0.25) is 0 Å². The summed E-state index contributed by atoms with van der Waals surface area (Å²) in [5.74, 6) is -0.0545. The summed E-state index contributed by atoms with van der Waals surface area (Å²) in [6, 6.07) is 6.26. The van der Waals surface area contributed by atoms with Crippen LogP contribution < -0.4 is 5.32 Å². The van der Waals surface area contributed by atoms with Crippen molar-refractivity contribution in [3.05, 3.63) is 24.3 Å². The first-order chi connectivity index (χ1) is 11.8. The number of piperazine rings is 1. The van der Waals surface area contributed by atoms with Gasteiger partial charge in [0.05, 0.1) is 4.90 Å². The maximum Gasteiger partial charge on any atom is 0.242 e. The molecule has 0 atom stereocenters. The molecule has 0 aromatic heterocycles. The number of hydrogen-bond acceptors (Lipinski definition) is 5. The minimum atomic E-state index is -3.44. The molecule has 1 saturated heterocycles. The van der Waals surface area contributed by atoms with Gasteiger partial charge in [0, 0.05) is 58.9 Å². The van der Waals surface area contributed by atoms with Crippen LogP contribution in [0.4, 0.5) is 5.69 Å². The van der Waals surface area contributed by atoms with Crippen molar-refractivity contribution in [1.82, 2.24) is 14.1 Å². The molecule has 7 nitrogen and oxygen atoms in total. The Kier molecular flexibility index (Phi) is 6.95. The van der Waals surface area contributed by atoms with E-state index < -0.39 is 10.0 Å². The maximum absolute atomic E-state index is 12.1. The van der Waals surface area contributed by atoms with Crippen molar-refractivity contribution in [1.29, 1.82) is 0 Å². The van der Waals surface area contributed by atoms with Gasteiger partial charge in [-0.25, -0.2) is 12.7 Å². The van der Waals surface area contributed by atoms with Crippen LogP contribution in [-0.4, -0.2) is 81.8 Å². The number of benzene rings is 1. The van der Waals surface area contributed by atoms with E-state index in [4.69, 9.17) is 0 Å². The first kappa shape index (κ1) is 19.8. The van der Waals surface area contributed by atoms with Gasteiger partial charge >= 0.3 is 0 Å². The molecule has 8 heteroatoms. The molecule has 0 saturated carbocycles. The molecule has 1 aliphatic rings. The van der Waals surface area contributed by atoms with Crippen molar-refractivity contribution < 1.29 is 13.2 Å². The molecule has 0 unspecified atom stereocenters. The smallest absolute Gasteiger partial charge is 0.242 e. The molecule has 0 aliphatic carbocycles. The lowest BCUT2D eigenvalue weighted by molar-refractivity contribution is -0.116. The Labute approximate surface area is 150 Å². The number of nitrogens with one attached hydrogen (secondary N) is 1. The van der Waals surface area contributed by atoms with Gasteiger partial charge in [0.25, 0.3) is 0 Å². The zero-order valence-corrected chi connectivity index (χ0v) is 16.1. The molecule has 25 heavy (non-hydrogen) atoms. The summed E-state index contributed by atoms with van der Waals surface area (Å²) in [6.07, 6.45) is 0.434. The van der Waals surface area contributed by atoms with Crippen molar-refractivity contribution in [3.8, 4) is 0 Å². The molecule has 1 aromatic carbocycles. The average Bonchev–Trinajstić information content (AvgIpc) is 2.60. The van der Waals surface area contributed by atoms with Gasteiger partial charge in [-0.1, -0.05) is 6.92 Å². The molecule has 0 radical (unpaired) electrons. The quantitative estimate of drug-likeness (QED) is 0.774. The van der Waals surface area contributed by atoms with Gasteiger partial charge in [0.15, 0.2) is 0 Å². The van der Waals surface area contributed by atoms with Gasteiger partial charge < -0.3 is 15.1 Å². The Morgan fingerprint density at radius 1 is 1.08 bits per heavy atom. The van der Waals surface area contributed by atoms with Gasteiger partial charge in [0.2, 0.25) is 15.9 Å². The van der Waals surface area contributed by atoms with Crippen molar-refractivity contribution >= 4 is 21.6 Å². The normalized spacial score (nSPS) is 17.0. The maximum atomic E-state index is 12.1. The van der Waals surface area contributed by atoms with E-state index in [-0.39, 0.29) is 10.8 Å². The minimum Gasteiger partial charge on any atom is -0.326 e. The predicted octanol–water partition coefficient (Wildman–Crippen LogP) is 0.903. The Morgan fingerprint density at radius 2 is 1.64 bits per heavy atom. The topological polar surface area (TPSA) is 73.0 Å². The van der Waals surface area contributed by atoms with Crippen LogP contribution in [0.5, 0.6) is 0 Å². The summed E-state index contributed by atoms with van der Waals surface area (Å²) in [4.78, 5) is 17.0. The van der Waals surface area contributed by atoms with Crippen molar-refractivity contribution in [2.75, 3.05) is 58.7 Å². The summed E-state index contributed by atoms with van der Waals surface area (Å²) in [7, 11) is -0.461. The lowest BCUT2D eigenvalue weighted by atomic mass is 10.2. The molecule has 1 aliphatic heterocycles. The highest BCUT2D eigenvalue weighted by Gasteiger charge is 2.18. The molecular formula is C17H28N4O3S. The molecular weight excluding hydrogens is 340 g/mol. The zero-order chi connectivity index (χ0) is 18.4. The van der Waals surface area contributed by atoms with Gasteiger partial charge in [-0.2, -0.15) is 0 Å². The molecule has 1 amide bonds. The van der Waals surface area contributed by atoms with Crippen molar-refractivity contribution in [2.45, 2.75) is 18.2 Å². The Hall–Kier alpha value is -1.48. The van der Waals surface area contributed by atoms with Crippen LogP contribution in [0.15, 0.2) is 29.2 Å². The number of carbonyl (C=O) groups is 1. The molecule has 1 heterocycles. The van der Waals surface area contributed by atoms with Gasteiger partial charge in [-0.3, -0.25) is 4.79 Å². The molecule has 0 bridgehead atoms. The van der Waals surface area contributed by atoms with E-state index in [1.54, 1.807) is 12.1 Å². The highest BCUT2D eigenvalue weighted by molar-refractivity contribution is 7.89. The number of carbonyl (C=O) groups excluding carboxylic acids is 1. The van der Waals surface area contributed by atoms with Crippen LogP contribution in [-0.2, 0) is 14.8 Å². The second-order valence-corrected chi connectivity index (χ2v) is 8.54. The van der Waals surface area contributed by atoms with Crippen LogP contribution in [0.3, 0.4) is 0 Å². The lowest BCUT2D eigenvalue weighted by Gasteiger charge is -2.33. The first-order valence-electron chi connectivity index (χ1n) is 8.60. The van der Waals surface area contributed by atoms with Crippen molar-refractivity contribution in [3.63, 3.8) is 0 Å². The summed E-state index contributed by atoms with van der Waals surface area (Å²) in [5.41, 5.74) is 0.610. The fraction of sp³-hybridized carbons (Fsp3) is 0.588. The Balaban J connectivity index is 1.81. The van der Waals surface area contributed by atoms with E-state index in [2.05, 4.69) is 22.0 Å². The van der Waals surface area contributed by atoms with Crippen LogP contribution in [0.1, 0.15) is 13.3 Å². The van der Waals surface area contributed by atoms with Crippen LogP contribution in [0, 0.1) is 0 Å². The summed E-state index contributed by atoms with van der Waals surface area (Å²) >= 11 is 0. The SMILES string of the molecule is CCN1CCN(CCC(=O)Nc2ccc(S(=O)(=O)N(C)C)cc2)CC1. The van der Waals surface area contributed by atoms with E-state index in [9.17, 15) is 13.2 Å². The van der Waals surface area contributed by atoms with E-state index in [1.807, 2.05) is 0 Å². The largest absolute Gasteiger partial charge is 0.326 e. The van der Waals surface area contributed by atoms with E-state index >= 15 is 0 Å². The standard InChI is InChI=1S/C17H28N4O3S/c1-4-20-11-13-21(14-12-20)10-9-17(22)18-15-5-7-16(8-6-15)25(23,24)19(2)3/h5-8H,4,9-14H2,1-3H3,(H,18,22). The average molecular weight is 369 g/mol. The van der Waals surface area contributed by atoms with E-state index in [1.165, 1.54) is 30.5 Å². The van der Waals surface area contributed by atoms with E-state index in [0.717, 1.165) is 39.3 Å². The molecule has 2 rings (SSSR count). The predicted molar refractivity (Wildman–Crippen MR) is 99.1 cm³/mol. The minimum absolute atomic E-state index is 0.0545. The van der Waals surface area contributed by atoms with Gasteiger partial charge in [0.1, 0.15) is 0 Å². The number of nitrogens with zero attached hydrogens (tertiary/aromatic N) is 3. The summed E-state index contributed by atoms with van der Waals surface area (Å²) in [5, 5.41) is 2.82. The number of rotatable bonds is 7. The zero-order valence-electron chi connectivity index (χ0n) is 15.2. The highest BCUT2D eigenvalue weighted by atomic mass is 32.2. The van der Waals surface area contributed by atoms with Gasteiger partial charge in [-0.05, 0) is 30.8 Å². The van der Waals surface area contributed by atoms with Crippen molar-refractivity contribution in [2.24, 2.45) is 0 Å². The van der Waals surface area contributed by atoms with Crippen LogP contribution >= 0.6 is 0 Å². The second kappa shape index (κ2) is 8.75. The number of anilines is 1. The molecule has 1 N–H and O–H groups in total. The third kappa shape index (κ3) is 5.50. The molecule has 1 fully saturated rings. The number of likely N-dealkylation sites (N-methyl/N-ethyl adjacent to an activating group) is 1. The third-order valence-corrected chi connectivity index (χ3v) is 6.31. The number of hydrogen-bond donors (Lipinski definition) is 1. The van der Waals surface area contributed by atoms with E-state index in [0.29, 0.717) is 12.1 Å².